The Labute approximate surface area is 357 Å². The fourth-order valence-electron chi connectivity index (χ4n) is 9.90. The van der Waals surface area contributed by atoms with Crippen LogP contribution in [0.5, 0.6) is 0 Å². The van der Waals surface area contributed by atoms with Crippen LogP contribution in [0.2, 0.25) is 0 Å². The van der Waals surface area contributed by atoms with E-state index in [1.54, 1.807) is 0 Å². The largest absolute Gasteiger partial charge is 0.300 e. The van der Waals surface area contributed by atoms with Gasteiger partial charge in [0.05, 0.1) is 0 Å². The van der Waals surface area contributed by atoms with E-state index in [1.807, 2.05) is 0 Å². The van der Waals surface area contributed by atoms with Crippen molar-refractivity contribution in [3.8, 4) is 44.5 Å². The monoisotopic (exact) mass is 796 g/mol. The lowest BCUT2D eigenvalue weighted by atomic mass is 9.79. The molecule has 2 unspecified atom stereocenters. The summed E-state index contributed by atoms with van der Waals surface area (Å²) in [6, 6.07) is 45.9. The Hall–Kier alpha value is -4.58. The predicted octanol–water partition coefficient (Wildman–Crippen LogP) is 16.5. The third-order valence-corrected chi connectivity index (χ3v) is 16.3. The van der Waals surface area contributed by atoms with Gasteiger partial charge in [0.2, 0.25) is 0 Å². The molecule has 0 spiro atoms. The van der Waals surface area contributed by atoms with Crippen LogP contribution < -0.4 is 5.30 Å². The van der Waals surface area contributed by atoms with E-state index < -0.39 is 7.92 Å². The molecule has 304 valence electrons. The van der Waals surface area contributed by atoms with Crippen LogP contribution >= 0.6 is 7.92 Å². The molecule has 0 amide bonds. The lowest BCUT2D eigenvalue weighted by Crippen LogP contribution is -2.36. The Morgan fingerprint density at radius 2 is 0.881 bits per heavy atom. The van der Waals surface area contributed by atoms with Crippen LogP contribution in [-0.2, 0) is 4.79 Å². The lowest BCUT2D eigenvalue weighted by Gasteiger charge is -2.46. The highest BCUT2D eigenvalue weighted by molar-refractivity contribution is 7.68. The topological polar surface area (TPSA) is 17.1 Å². The van der Waals surface area contributed by atoms with Crippen LogP contribution in [0, 0.1) is 13.8 Å². The van der Waals surface area contributed by atoms with Crippen molar-refractivity contribution in [2.45, 2.75) is 130 Å². The quantitative estimate of drug-likeness (QED) is 0.126. The van der Waals surface area contributed by atoms with Crippen LogP contribution in [0.4, 0.5) is 0 Å². The highest BCUT2D eigenvalue weighted by atomic mass is 31.1. The minimum Gasteiger partial charge on any atom is -0.300 e. The highest BCUT2D eigenvalue weighted by Gasteiger charge is 2.46. The first-order valence-corrected chi connectivity index (χ1v) is 23.5. The zero-order valence-corrected chi connectivity index (χ0v) is 38.6. The van der Waals surface area contributed by atoms with Gasteiger partial charge >= 0.3 is 0 Å². The van der Waals surface area contributed by atoms with Gasteiger partial charge in [-0.25, -0.2) is 0 Å². The minimum absolute atomic E-state index is 0.106. The Morgan fingerprint density at radius 1 is 0.508 bits per heavy atom. The van der Waals surface area contributed by atoms with Crippen molar-refractivity contribution in [1.29, 1.82) is 0 Å². The van der Waals surface area contributed by atoms with E-state index in [0.717, 1.165) is 0 Å². The fraction of sp³-hybridized carbons (Fsp3) is 0.351. The zero-order chi connectivity index (χ0) is 42.3. The first-order chi connectivity index (χ1) is 28.1. The molecule has 1 heterocycles. The summed E-state index contributed by atoms with van der Waals surface area (Å²) < 4.78 is 0. The zero-order valence-electron chi connectivity index (χ0n) is 37.7. The van der Waals surface area contributed by atoms with Gasteiger partial charge in [-0.3, -0.25) is 4.79 Å². The van der Waals surface area contributed by atoms with Crippen LogP contribution in [0.15, 0.2) is 121 Å². The normalized spacial score (nSPS) is 16.8. The Balaban J connectivity index is 1.66. The summed E-state index contributed by atoms with van der Waals surface area (Å²) in [7, 11) is -0.926. The summed E-state index contributed by atoms with van der Waals surface area (Å²) >= 11 is 0. The van der Waals surface area contributed by atoms with Crippen molar-refractivity contribution in [3.63, 3.8) is 0 Å². The number of benzene rings is 6. The van der Waals surface area contributed by atoms with E-state index >= 15 is 0 Å². The molecule has 0 aromatic heterocycles. The summed E-state index contributed by atoms with van der Waals surface area (Å²) in [6.07, 6.45) is 1.17. The minimum atomic E-state index is -0.926. The smallest absolute Gasteiger partial charge is 0.134 e. The Morgan fingerprint density at radius 3 is 1.27 bits per heavy atom. The number of hydrogen-bond donors (Lipinski definition) is 0. The maximum Gasteiger partial charge on any atom is 0.134 e. The molecule has 1 saturated heterocycles. The number of rotatable bonds is 10. The van der Waals surface area contributed by atoms with Gasteiger partial charge in [-0.1, -0.05) is 198 Å². The van der Waals surface area contributed by atoms with Gasteiger partial charge in [0, 0.05) is 18.5 Å². The Kier molecular flexibility index (Phi) is 12.4. The number of Topliss-reactive ketones (excluding diaryl/α,β-unsaturated/α-hetero) is 1. The van der Waals surface area contributed by atoms with Gasteiger partial charge < -0.3 is 0 Å². The molecule has 0 N–H and O–H groups in total. The molecule has 7 rings (SSSR count). The number of aryl methyl sites for hydroxylation is 2. The fourth-order valence-corrected chi connectivity index (χ4v) is 13.8. The molecule has 2 atom stereocenters. The second-order valence-electron chi connectivity index (χ2n) is 19.0. The molecule has 1 aliphatic heterocycles. The van der Waals surface area contributed by atoms with Gasteiger partial charge in [-0.2, -0.15) is 0 Å². The van der Waals surface area contributed by atoms with E-state index in [1.165, 1.54) is 88.8 Å². The average Bonchev–Trinajstić information content (AvgIpc) is 3.19. The van der Waals surface area contributed by atoms with Crippen LogP contribution in [0.1, 0.15) is 150 Å². The molecule has 1 nitrogen and oxygen atoms in total. The number of carbonyl (C=O) groups is 1. The van der Waals surface area contributed by atoms with Gasteiger partial charge in [0.25, 0.3) is 0 Å². The van der Waals surface area contributed by atoms with Crippen molar-refractivity contribution in [1.82, 2.24) is 0 Å². The molecule has 6 aromatic carbocycles. The van der Waals surface area contributed by atoms with Crippen molar-refractivity contribution in [2.24, 2.45) is 0 Å². The second kappa shape index (κ2) is 17.2. The van der Waals surface area contributed by atoms with Crippen LogP contribution in [0.3, 0.4) is 0 Å². The number of hydrogen-bond acceptors (Lipinski definition) is 1. The van der Waals surface area contributed by atoms with E-state index in [9.17, 15) is 4.79 Å². The van der Waals surface area contributed by atoms with Crippen LogP contribution in [-0.4, -0.2) is 10.9 Å². The number of carbonyl (C=O) groups excluding carboxylic acids is 1. The van der Waals surface area contributed by atoms with Crippen molar-refractivity contribution >= 4 is 19.0 Å². The van der Waals surface area contributed by atoms with Gasteiger partial charge in [0.1, 0.15) is 5.78 Å². The van der Waals surface area contributed by atoms with Crippen molar-refractivity contribution < 1.29 is 4.79 Å². The summed E-state index contributed by atoms with van der Waals surface area (Å²) in [5.41, 5.74) is 20.3. The first kappa shape index (κ1) is 42.5. The Bertz CT molecular complexity index is 2290. The molecule has 0 radical (unpaired) electrons. The van der Waals surface area contributed by atoms with Gasteiger partial charge in [-0.15, -0.1) is 0 Å². The molecular formula is C57H65OP. The standard InChI is InChI=1S/C57H65OP/c1-35(2)49-29-42(45-25-18-16-21-39(45)9)30-50(36(3)4)54(49)47-27-20-28-48(56(47)59-53(41-23-14-13-15-24-41)33-44(58)34-57(59,11)12)55-51(37(5)6)31-43(32-52(55)38(7)8)46-26-19-17-22-40(46)10/h13-32,35-38,53H,33-34H2,1-12H3. The average molecular weight is 797 g/mol. The van der Waals surface area contributed by atoms with Crippen LogP contribution in [0.25, 0.3) is 44.5 Å². The molecule has 0 aliphatic carbocycles. The third kappa shape index (κ3) is 8.30. The maximum absolute atomic E-state index is 13.9. The molecule has 6 aromatic rings. The summed E-state index contributed by atoms with van der Waals surface area (Å²) in [6.45, 7) is 28.2. The first-order valence-electron chi connectivity index (χ1n) is 22.1. The van der Waals surface area contributed by atoms with Crippen molar-refractivity contribution in [3.05, 3.63) is 160 Å². The summed E-state index contributed by atoms with van der Waals surface area (Å²) in [5, 5.41) is 1.23. The molecule has 2 heteroatoms. The summed E-state index contributed by atoms with van der Waals surface area (Å²) in [5.74, 6) is 1.57. The molecule has 0 bridgehead atoms. The summed E-state index contributed by atoms with van der Waals surface area (Å²) in [4.78, 5) is 13.9. The number of ketones is 1. The molecule has 1 fully saturated rings. The van der Waals surface area contributed by atoms with Gasteiger partial charge in [-0.05, 0) is 131 Å². The SMILES string of the molecule is Cc1ccccc1-c1cc(C(C)C)c(-c2cccc(-c3c(C(C)C)cc(-c4ccccc4C)cc3C(C)C)c2P2C(c3ccccc3)CC(=O)CC2(C)C)c(C(C)C)c1. The van der Waals surface area contributed by atoms with E-state index in [4.69, 9.17) is 0 Å². The molecule has 0 saturated carbocycles. The lowest BCUT2D eigenvalue weighted by molar-refractivity contribution is -0.119. The maximum atomic E-state index is 13.9. The third-order valence-electron chi connectivity index (χ3n) is 12.8. The van der Waals surface area contributed by atoms with E-state index in [0.29, 0.717) is 42.3 Å². The molecule has 1 aliphatic rings. The highest BCUT2D eigenvalue weighted by Crippen LogP contribution is 2.67. The van der Waals surface area contributed by atoms with Crippen molar-refractivity contribution in [2.75, 3.05) is 0 Å². The molecule has 59 heavy (non-hydrogen) atoms. The van der Waals surface area contributed by atoms with E-state index in [-0.39, 0.29) is 10.8 Å². The molecular weight excluding hydrogens is 732 g/mol. The van der Waals surface area contributed by atoms with E-state index in [2.05, 4.69) is 204 Å². The predicted molar refractivity (Wildman–Crippen MR) is 258 cm³/mol. The van der Waals surface area contributed by atoms with Gasteiger partial charge in [0.15, 0.2) is 0 Å². The second-order valence-corrected chi connectivity index (χ2v) is 22.1.